The molecule has 0 amide bonds. The molecule has 0 saturated carbocycles. The Morgan fingerprint density at radius 2 is 2.29 bits per heavy atom. The first-order valence-electron chi connectivity index (χ1n) is 4.88. The fraction of sp³-hybridized carbons (Fsp3) is 1.00. The van der Waals surface area contributed by atoms with Gasteiger partial charge in [-0.3, -0.25) is 0 Å². The van der Waals surface area contributed by atoms with Crippen LogP contribution in [0.3, 0.4) is 0 Å². The summed E-state index contributed by atoms with van der Waals surface area (Å²) in [5.74, 6) is 0.375. The molecule has 1 saturated heterocycles. The van der Waals surface area contributed by atoms with E-state index in [4.69, 9.17) is 9.84 Å². The zero-order valence-electron chi connectivity index (χ0n) is 8.25. The minimum atomic E-state index is -2.67. The predicted molar refractivity (Wildman–Crippen MR) is 48.4 cm³/mol. The summed E-state index contributed by atoms with van der Waals surface area (Å²) in [5, 5.41) is 11.8. The molecule has 0 aromatic carbocycles. The van der Waals surface area contributed by atoms with Gasteiger partial charge in [0.25, 0.3) is 6.43 Å². The summed E-state index contributed by atoms with van der Waals surface area (Å²) in [6.07, 6.45) is -3.28. The SMILES string of the molecule is CC(NCC(O)C(F)F)C1CCOC1. The number of aliphatic hydroxyl groups excluding tert-OH is 1. The second-order valence-electron chi connectivity index (χ2n) is 3.72. The maximum Gasteiger partial charge on any atom is 0.265 e. The van der Waals surface area contributed by atoms with Crippen LogP contribution >= 0.6 is 0 Å². The molecule has 3 nitrogen and oxygen atoms in total. The summed E-state index contributed by atoms with van der Waals surface area (Å²) in [4.78, 5) is 0. The average Bonchev–Trinajstić information content (AvgIpc) is 2.66. The topological polar surface area (TPSA) is 41.5 Å². The van der Waals surface area contributed by atoms with Crippen LogP contribution in [-0.2, 0) is 4.74 Å². The van der Waals surface area contributed by atoms with E-state index in [9.17, 15) is 8.78 Å². The van der Waals surface area contributed by atoms with Gasteiger partial charge in [-0.1, -0.05) is 0 Å². The van der Waals surface area contributed by atoms with E-state index in [-0.39, 0.29) is 12.6 Å². The Bertz CT molecular complexity index is 163. The van der Waals surface area contributed by atoms with Gasteiger partial charge in [-0.25, -0.2) is 8.78 Å². The Labute approximate surface area is 82.4 Å². The molecule has 14 heavy (non-hydrogen) atoms. The van der Waals surface area contributed by atoms with Gasteiger partial charge in [-0.15, -0.1) is 0 Å². The van der Waals surface area contributed by atoms with Gasteiger partial charge in [0.1, 0.15) is 6.10 Å². The molecule has 2 N–H and O–H groups in total. The van der Waals surface area contributed by atoms with Gasteiger partial charge in [-0.2, -0.15) is 0 Å². The summed E-state index contributed by atoms with van der Waals surface area (Å²) in [6, 6.07) is 0.117. The highest BCUT2D eigenvalue weighted by atomic mass is 19.3. The normalized spacial score (nSPS) is 26.8. The van der Waals surface area contributed by atoms with E-state index in [0.717, 1.165) is 13.0 Å². The summed E-state index contributed by atoms with van der Waals surface area (Å²) in [5.41, 5.74) is 0. The number of halogens is 2. The van der Waals surface area contributed by atoms with Crippen LogP contribution in [0.25, 0.3) is 0 Å². The fourth-order valence-electron chi connectivity index (χ4n) is 1.51. The lowest BCUT2D eigenvalue weighted by Crippen LogP contribution is -2.40. The maximum atomic E-state index is 11.9. The van der Waals surface area contributed by atoms with Gasteiger partial charge in [0.2, 0.25) is 0 Å². The van der Waals surface area contributed by atoms with Gasteiger partial charge >= 0.3 is 0 Å². The first-order chi connectivity index (χ1) is 6.61. The van der Waals surface area contributed by atoms with Crippen molar-refractivity contribution in [3.63, 3.8) is 0 Å². The van der Waals surface area contributed by atoms with Gasteiger partial charge < -0.3 is 15.2 Å². The highest BCUT2D eigenvalue weighted by molar-refractivity contribution is 4.77. The van der Waals surface area contributed by atoms with Gasteiger partial charge in [0, 0.05) is 19.2 Å². The van der Waals surface area contributed by atoms with Crippen LogP contribution in [0, 0.1) is 5.92 Å². The van der Waals surface area contributed by atoms with E-state index in [2.05, 4.69) is 5.32 Å². The van der Waals surface area contributed by atoms with Crippen LogP contribution in [-0.4, -0.2) is 43.4 Å². The molecule has 0 radical (unpaired) electrons. The van der Waals surface area contributed by atoms with Crippen LogP contribution in [0.15, 0.2) is 0 Å². The molecule has 3 atom stereocenters. The van der Waals surface area contributed by atoms with Crippen molar-refractivity contribution in [2.45, 2.75) is 31.9 Å². The van der Waals surface area contributed by atoms with E-state index < -0.39 is 12.5 Å². The van der Waals surface area contributed by atoms with E-state index in [0.29, 0.717) is 12.5 Å². The molecule has 1 aliphatic rings. The minimum Gasteiger partial charge on any atom is -0.386 e. The van der Waals surface area contributed by atoms with Crippen LogP contribution in [0.2, 0.25) is 0 Å². The Hall–Kier alpha value is -0.260. The maximum absolute atomic E-state index is 11.9. The highest BCUT2D eigenvalue weighted by Crippen LogP contribution is 2.16. The molecule has 0 bridgehead atoms. The van der Waals surface area contributed by atoms with E-state index >= 15 is 0 Å². The third-order valence-corrected chi connectivity index (χ3v) is 2.61. The van der Waals surface area contributed by atoms with Crippen molar-refractivity contribution in [3.05, 3.63) is 0 Å². The van der Waals surface area contributed by atoms with Crippen molar-refractivity contribution in [2.24, 2.45) is 5.92 Å². The third kappa shape index (κ3) is 3.48. The van der Waals surface area contributed by atoms with Crippen LogP contribution in [0.4, 0.5) is 8.78 Å². The predicted octanol–water partition coefficient (Wildman–Crippen LogP) is 0.627. The second kappa shape index (κ2) is 5.58. The molecule has 1 heterocycles. The smallest absolute Gasteiger partial charge is 0.265 e. The lowest BCUT2D eigenvalue weighted by atomic mass is 10.0. The zero-order valence-corrected chi connectivity index (χ0v) is 8.25. The number of nitrogens with one attached hydrogen (secondary N) is 1. The van der Waals surface area contributed by atoms with E-state index in [1.54, 1.807) is 0 Å². The van der Waals surface area contributed by atoms with Crippen molar-refractivity contribution < 1.29 is 18.6 Å². The van der Waals surface area contributed by atoms with Crippen molar-refractivity contribution in [3.8, 4) is 0 Å². The molecule has 1 aliphatic heterocycles. The summed E-state index contributed by atoms with van der Waals surface area (Å²) >= 11 is 0. The number of alkyl halides is 2. The first-order valence-corrected chi connectivity index (χ1v) is 4.88. The number of rotatable bonds is 5. The Balaban J connectivity index is 2.16. The van der Waals surface area contributed by atoms with Gasteiger partial charge in [-0.05, 0) is 19.3 Å². The largest absolute Gasteiger partial charge is 0.386 e. The van der Waals surface area contributed by atoms with Crippen LogP contribution < -0.4 is 5.32 Å². The minimum absolute atomic E-state index is 0.0602. The number of aliphatic hydroxyl groups is 1. The Kier molecular flexibility index (Phi) is 4.71. The van der Waals surface area contributed by atoms with Crippen LogP contribution in [0.5, 0.6) is 0 Å². The second-order valence-corrected chi connectivity index (χ2v) is 3.72. The summed E-state index contributed by atoms with van der Waals surface area (Å²) < 4.78 is 29.1. The van der Waals surface area contributed by atoms with Crippen LogP contribution in [0.1, 0.15) is 13.3 Å². The van der Waals surface area contributed by atoms with Crippen molar-refractivity contribution in [1.29, 1.82) is 0 Å². The molecule has 0 aromatic heterocycles. The zero-order chi connectivity index (χ0) is 10.6. The lowest BCUT2D eigenvalue weighted by Gasteiger charge is -2.20. The standard InChI is InChI=1S/C9H17F2NO2/c1-6(7-2-3-14-5-7)12-4-8(13)9(10)11/h6-9,12-13H,2-5H2,1H3. The van der Waals surface area contributed by atoms with Gasteiger partial charge in [0.05, 0.1) is 6.61 Å². The highest BCUT2D eigenvalue weighted by Gasteiger charge is 2.24. The fourth-order valence-corrected chi connectivity index (χ4v) is 1.51. The number of ether oxygens (including phenoxy) is 1. The molecule has 84 valence electrons. The molecule has 0 spiro atoms. The third-order valence-electron chi connectivity index (χ3n) is 2.61. The molecule has 5 heteroatoms. The molecule has 3 unspecified atom stereocenters. The molecule has 1 fully saturated rings. The Morgan fingerprint density at radius 3 is 2.79 bits per heavy atom. The van der Waals surface area contributed by atoms with Crippen molar-refractivity contribution in [1.82, 2.24) is 5.32 Å². The molecular formula is C9H17F2NO2. The lowest BCUT2D eigenvalue weighted by molar-refractivity contribution is -0.00532. The number of hydrogen-bond donors (Lipinski definition) is 2. The molecular weight excluding hydrogens is 192 g/mol. The molecule has 0 aliphatic carbocycles. The quantitative estimate of drug-likeness (QED) is 0.697. The monoisotopic (exact) mass is 209 g/mol. The average molecular weight is 209 g/mol. The molecule has 1 rings (SSSR count). The van der Waals surface area contributed by atoms with E-state index in [1.807, 2.05) is 6.92 Å². The van der Waals surface area contributed by atoms with Gasteiger partial charge in [0.15, 0.2) is 0 Å². The summed E-state index contributed by atoms with van der Waals surface area (Å²) in [7, 11) is 0. The van der Waals surface area contributed by atoms with Crippen molar-refractivity contribution >= 4 is 0 Å². The van der Waals surface area contributed by atoms with E-state index in [1.165, 1.54) is 0 Å². The van der Waals surface area contributed by atoms with Crippen molar-refractivity contribution in [2.75, 3.05) is 19.8 Å². The Morgan fingerprint density at radius 1 is 1.57 bits per heavy atom. The first kappa shape index (κ1) is 11.8. The molecule has 0 aromatic rings. The number of hydrogen-bond acceptors (Lipinski definition) is 3. The summed E-state index contributed by atoms with van der Waals surface area (Å²) in [6.45, 7) is 3.29.